The van der Waals surface area contributed by atoms with Gasteiger partial charge in [-0.3, -0.25) is 4.79 Å². The number of nitrogens with zero attached hydrogens (tertiary/aromatic N) is 1. The zero-order valence-corrected chi connectivity index (χ0v) is 11.0. The second-order valence-corrected chi connectivity index (χ2v) is 6.57. The molecule has 18 heavy (non-hydrogen) atoms. The van der Waals surface area contributed by atoms with Gasteiger partial charge >= 0.3 is 0 Å². The number of rotatable bonds is 1. The van der Waals surface area contributed by atoms with Crippen LogP contribution in [-0.2, 0) is 4.79 Å². The number of hydrogen-bond acceptors (Lipinski definition) is 2. The maximum Gasteiger partial charge on any atom is 0.239 e. The van der Waals surface area contributed by atoms with Crippen LogP contribution < -0.4 is 5.32 Å². The number of carbonyl (C=O) groups is 1. The third kappa shape index (κ3) is 1.37. The van der Waals surface area contributed by atoms with Gasteiger partial charge < -0.3 is 10.2 Å². The minimum Gasteiger partial charge on any atom is -0.338 e. The number of hydrogen-bond donors (Lipinski definition) is 1. The third-order valence-electron chi connectivity index (χ3n) is 5.79. The van der Waals surface area contributed by atoms with Crippen LogP contribution in [0.15, 0.2) is 12.2 Å². The van der Waals surface area contributed by atoms with E-state index in [2.05, 4.69) is 29.3 Å². The lowest BCUT2D eigenvalue weighted by atomic mass is 9.82. The van der Waals surface area contributed by atoms with E-state index < -0.39 is 0 Å². The van der Waals surface area contributed by atoms with E-state index in [4.69, 9.17) is 0 Å². The summed E-state index contributed by atoms with van der Waals surface area (Å²) in [5.41, 5.74) is 0. The molecule has 0 aromatic rings. The van der Waals surface area contributed by atoms with Crippen molar-refractivity contribution in [1.82, 2.24) is 10.2 Å². The number of allylic oxidation sites excluding steroid dienone is 2. The topological polar surface area (TPSA) is 32.3 Å². The van der Waals surface area contributed by atoms with E-state index in [0.29, 0.717) is 11.9 Å². The van der Waals surface area contributed by atoms with Crippen LogP contribution in [0, 0.1) is 23.7 Å². The maximum absolute atomic E-state index is 12.6. The van der Waals surface area contributed by atoms with E-state index in [1.807, 2.05) is 0 Å². The summed E-state index contributed by atoms with van der Waals surface area (Å²) in [6.07, 6.45) is 8.34. The van der Waals surface area contributed by atoms with Crippen molar-refractivity contribution in [3.63, 3.8) is 0 Å². The minimum absolute atomic E-state index is 0.108. The average molecular weight is 246 g/mol. The van der Waals surface area contributed by atoms with Crippen molar-refractivity contribution in [1.29, 1.82) is 0 Å². The zero-order valence-electron chi connectivity index (χ0n) is 11.0. The minimum atomic E-state index is 0.108. The van der Waals surface area contributed by atoms with Crippen LogP contribution in [0.2, 0.25) is 0 Å². The molecule has 3 nitrogen and oxygen atoms in total. The van der Waals surface area contributed by atoms with Crippen molar-refractivity contribution >= 4 is 5.91 Å². The van der Waals surface area contributed by atoms with Crippen molar-refractivity contribution in [2.75, 3.05) is 13.1 Å². The van der Waals surface area contributed by atoms with Crippen LogP contribution in [-0.4, -0.2) is 36.0 Å². The molecule has 0 aromatic carbocycles. The third-order valence-corrected chi connectivity index (χ3v) is 5.79. The van der Waals surface area contributed by atoms with Gasteiger partial charge in [0.15, 0.2) is 0 Å². The van der Waals surface area contributed by atoms with Crippen LogP contribution >= 0.6 is 0 Å². The summed E-state index contributed by atoms with van der Waals surface area (Å²) in [7, 11) is 0. The molecule has 6 unspecified atom stereocenters. The Labute approximate surface area is 109 Å². The summed E-state index contributed by atoms with van der Waals surface area (Å²) in [5.74, 6) is 3.38. The molecule has 1 N–H and O–H groups in total. The molecule has 2 bridgehead atoms. The molecule has 4 aliphatic rings. The molecule has 98 valence electrons. The van der Waals surface area contributed by atoms with E-state index in [-0.39, 0.29) is 6.04 Å². The molecule has 3 fully saturated rings. The molecule has 2 saturated heterocycles. The molecule has 1 saturated carbocycles. The molecule has 0 spiro atoms. The number of nitrogens with one attached hydrogen (secondary N) is 1. The van der Waals surface area contributed by atoms with Crippen molar-refractivity contribution in [3.05, 3.63) is 12.2 Å². The van der Waals surface area contributed by atoms with Gasteiger partial charge in [0.05, 0.1) is 6.04 Å². The van der Waals surface area contributed by atoms with Crippen molar-refractivity contribution < 1.29 is 4.79 Å². The first-order chi connectivity index (χ1) is 8.75. The number of carbonyl (C=O) groups excluding carboxylic acids is 1. The van der Waals surface area contributed by atoms with Gasteiger partial charge in [0.2, 0.25) is 5.91 Å². The predicted octanol–water partition coefficient (Wildman–Crippen LogP) is 1.41. The Morgan fingerprint density at radius 1 is 1.33 bits per heavy atom. The Bertz CT molecular complexity index is 399. The second-order valence-electron chi connectivity index (χ2n) is 6.57. The normalized spacial score (nSPS) is 49.1. The highest BCUT2D eigenvalue weighted by atomic mass is 16.2. The molecule has 2 aliphatic carbocycles. The molecule has 1 amide bonds. The summed E-state index contributed by atoms with van der Waals surface area (Å²) in [6, 6.07) is 0.557. The lowest BCUT2D eigenvalue weighted by Crippen LogP contribution is -2.46. The predicted molar refractivity (Wildman–Crippen MR) is 69.9 cm³/mol. The Balaban J connectivity index is 1.53. The summed E-state index contributed by atoms with van der Waals surface area (Å²) in [6.45, 7) is 4.29. The molecule has 0 radical (unpaired) electrons. The molecule has 3 heteroatoms. The van der Waals surface area contributed by atoms with Crippen LogP contribution in [0.3, 0.4) is 0 Å². The van der Waals surface area contributed by atoms with E-state index in [1.54, 1.807) is 0 Å². The van der Waals surface area contributed by atoms with Gasteiger partial charge in [0.1, 0.15) is 0 Å². The Morgan fingerprint density at radius 2 is 2.17 bits per heavy atom. The zero-order chi connectivity index (χ0) is 12.3. The van der Waals surface area contributed by atoms with Crippen molar-refractivity contribution in [2.45, 2.75) is 38.3 Å². The highest BCUT2D eigenvalue weighted by molar-refractivity contribution is 5.83. The Kier molecular flexibility index (Phi) is 2.35. The summed E-state index contributed by atoms with van der Waals surface area (Å²) < 4.78 is 0. The fourth-order valence-corrected chi connectivity index (χ4v) is 4.92. The summed E-state index contributed by atoms with van der Waals surface area (Å²) in [4.78, 5) is 14.8. The van der Waals surface area contributed by atoms with E-state index in [1.165, 1.54) is 6.42 Å². The van der Waals surface area contributed by atoms with E-state index >= 15 is 0 Å². The molecule has 0 aromatic heterocycles. The first kappa shape index (κ1) is 11.0. The van der Waals surface area contributed by atoms with Crippen LogP contribution in [0.4, 0.5) is 0 Å². The molecule has 6 atom stereocenters. The largest absolute Gasteiger partial charge is 0.338 e. The van der Waals surface area contributed by atoms with Gasteiger partial charge in [-0.1, -0.05) is 12.2 Å². The smallest absolute Gasteiger partial charge is 0.239 e. The van der Waals surface area contributed by atoms with Crippen LogP contribution in [0.25, 0.3) is 0 Å². The molecule has 2 heterocycles. The van der Waals surface area contributed by atoms with E-state index in [0.717, 1.165) is 49.6 Å². The van der Waals surface area contributed by atoms with Gasteiger partial charge in [-0.05, 0) is 56.4 Å². The molecular formula is C15H22N2O. The fraction of sp³-hybridized carbons (Fsp3) is 0.800. The highest BCUT2D eigenvalue weighted by Crippen LogP contribution is 2.53. The second kappa shape index (κ2) is 3.83. The monoisotopic (exact) mass is 246 g/mol. The fourth-order valence-electron chi connectivity index (χ4n) is 4.92. The van der Waals surface area contributed by atoms with Crippen molar-refractivity contribution in [2.24, 2.45) is 23.7 Å². The van der Waals surface area contributed by atoms with E-state index in [9.17, 15) is 4.79 Å². The van der Waals surface area contributed by atoms with Gasteiger partial charge in [-0.25, -0.2) is 0 Å². The summed E-state index contributed by atoms with van der Waals surface area (Å²) in [5, 5.41) is 3.35. The maximum atomic E-state index is 12.6. The molecular weight excluding hydrogens is 224 g/mol. The Hall–Kier alpha value is -0.830. The van der Waals surface area contributed by atoms with Crippen molar-refractivity contribution in [3.8, 4) is 0 Å². The van der Waals surface area contributed by atoms with Gasteiger partial charge in [0.25, 0.3) is 0 Å². The first-order valence-corrected chi connectivity index (χ1v) is 7.48. The Morgan fingerprint density at radius 3 is 2.89 bits per heavy atom. The van der Waals surface area contributed by atoms with Gasteiger partial charge in [0, 0.05) is 12.6 Å². The number of likely N-dealkylation sites (tertiary alicyclic amines) is 1. The standard InChI is InChI=1S/C15H22N2O/c1-9-14-11-5-4-10(7-11)12(14)8-17(9)15(18)13-3-2-6-16-13/h4-5,9-14,16H,2-3,6-8H2,1H3. The number of amides is 1. The van der Waals surface area contributed by atoms with Gasteiger partial charge in [-0.15, -0.1) is 0 Å². The quantitative estimate of drug-likeness (QED) is 0.709. The van der Waals surface area contributed by atoms with Gasteiger partial charge in [-0.2, -0.15) is 0 Å². The van der Waals surface area contributed by atoms with Crippen LogP contribution in [0.1, 0.15) is 26.2 Å². The molecule has 2 aliphatic heterocycles. The average Bonchev–Trinajstić information content (AvgIpc) is 3.11. The first-order valence-electron chi connectivity index (χ1n) is 7.48. The lowest BCUT2D eigenvalue weighted by molar-refractivity contribution is -0.134. The highest BCUT2D eigenvalue weighted by Gasteiger charge is 2.54. The van der Waals surface area contributed by atoms with Crippen LogP contribution in [0.5, 0.6) is 0 Å². The summed E-state index contributed by atoms with van der Waals surface area (Å²) >= 11 is 0. The molecule has 4 rings (SSSR count). The SMILES string of the molecule is CC1C2C3C=CC(C3)C2CN1C(=O)C1CCCN1. The lowest BCUT2D eigenvalue weighted by Gasteiger charge is -2.28. The number of fused-ring (bicyclic) bond motifs is 5.